The molecule has 2 amide bonds. The van der Waals surface area contributed by atoms with Gasteiger partial charge in [0.25, 0.3) is 11.8 Å². The highest BCUT2D eigenvalue weighted by Crippen LogP contribution is 2.47. The van der Waals surface area contributed by atoms with Gasteiger partial charge in [0.05, 0.1) is 37.2 Å². The molecule has 2 aromatic heterocycles. The zero-order valence-electron chi connectivity index (χ0n) is 20.0. The highest BCUT2D eigenvalue weighted by molar-refractivity contribution is 7.17. The molecule has 2 bridgehead atoms. The van der Waals surface area contributed by atoms with Gasteiger partial charge in [0, 0.05) is 18.5 Å². The first kappa shape index (κ1) is 23.0. The van der Waals surface area contributed by atoms with Crippen LogP contribution in [0.1, 0.15) is 63.9 Å². The second-order valence-electron chi connectivity index (χ2n) is 10.2. The van der Waals surface area contributed by atoms with Crippen LogP contribution >= 0.6 is 22.7 Å². The smallest absolute Gasteiger partial charge is 0.274 e. The lowest BCUT2D eigenvalue weighted by Crippen LogP contribution is -2.50. The van der Waals surface area contributed by atoms with Crippen LogP contribution in [-0.4, -0.2) is 45.3 Å². The average Bonchev–Trinajstić information content (AvgIpc) is 3.28. The van der Waals surface area contributed by atoms with Crippen molar-refractivity contribution >= 4 is 44.7 Å². The molecule has 188 valence electrons. The molecule has 37 heavy (non-hydrogen) atoms. The van der Waals surface area contributed by atoms with E-state index in [1.54, 1.807) is 11.6 Å². The number of piperidine rings is 1. The number of carbonyl (C=O) groups excluding carboxylic acids is 2. The van der Waals surface area contributed by atoms with Crippen LogP contribution in [0.15, 0.2) is 48.0 Å². The van der Waals surface area contributed by atoms with Crippen molar-refractivity contribution in [2.45, 2.75) is 50.1 Å². The van der Waals surface area contributed by atoms with E-state index >= 15 is 0 Å². The second-order valence-corrected chi connectivity index (χ2v) is 12.1. The summed E-state index contributed by atoms with van der Waals surface area (Å²) >= 11 is 2.97. The van der Waals surface area contributed by atoms with Crippen LogP contribution in [-0.2, 0) is 0 Å². The van der Waals surface area contributed by atoms with Crippen molar-refractivity contribution < 1.29 is 14.0 Å². The lowest BCUT2D eigenvalue weighted by Gasteiger charge is -2.35. The number of amides is 2. The number of nitrogens with zero attached hydrogens (tertiary/aromatic N) is 3. The highest BCUT2D eigenvalue weighted by Gasteiger charge is 2.49. The van der Waals surface area contributed by atoms with Gasteiger partial charge in [0.1, 0.15) is 11.5 Å². The molecule has 1 N–H and O–H groups in total. The summed E-state index contributed by atoms with van der Waals surface area (Å²) in [7, 11) is 0. The molecule has 2 aromatic carbocycles. The van der Waals surface area contributed by atoms with Crippen molar-refractivity contribution in [2.75, 3.05) is 6.54 Å². The normalized spacial score (nSPS) is 22.6. The van der Waals surface area contributed by atoms with Crippen LogP contribution in [0.4, 0.5) is 4.39 Å². The monoisotopic (exact) mass is 532 g/mol. The Kier molecular flexibility index (Phi) is 5.58. The predicted octanol–water partition coefficient (Wildman–Crippen LogP) is 5.86. The fraction of sp³-hybridized carbons (Fsp3) is 0.357. The fourth-order valence-corrected chi connectivity index (χ4v) is 7.99. The third-order valence-electron chi connectivity index (χ3n) is 7.91. The van der Waals surface area contributed by atoms with Gasteiger partial charge in [-0.3, -0.25) is 9.59 Å². The van der Waals surface area contributed by atoms with Gasteiger partial charge >= 0.3 is 0 Å². The Morgan fingerprint density at radius 2 is 1.97 bits per heavy atom. The zero-order valence-corrected chi connectivity index (χ0v) is 21.7. The van der Waals surface area contributed by atoms with E-state index in [4.69, 9.17) is 4.98 Å². The summed E-state index contributed by atoms with van der Waals surface area (Å²) < 4.78 is 15.0. The van der Waals surface area contributed by atoms with Crippen LogP contribution in [0, 0.1) is 11.7 Å². The van der Waals surface area contributed by atoms with E-state index in [9.17, 15) is 14.0 Å². The van der Waals surface area contributed by atoms with Gasteiger partial charge in [-0.25, -0.2) is 14.4 Å². The molecule has 9 heteroatoms. The molecule has 3 aliphatic rings. The lowest BCUT2D eigenvalue weighted by atomic mass is 9.98. The Morgan fingerprint density at radius 1 is 1.11 bits per heavy atom. The van der Waals surface area contributed by atoms with Crippen LogP contribution < -0.4 is 5.32 Å². The van der Waals surface area contributed by atoms with Gasteiger partial charge in [0.15, 0.2) is 0 Å². The Morgan fingerprint density at radius 3 is 2.81 bits per heavy atom. The van der Waals surface area contributed by atoms with Crippen LogP contribution in [0.5, 0.6) is 0 Å². The summed E-state index contributed by atoms with van der Waals surface area (Å²) in [5.41, 5.74) is 4.30. The van der Waals surface area contributed by atoms with Crippen LogP contribution in [0.25, 0.3) is 20.7 Å². The quantitative estimate of drug-likeness (QED) is 0.338. The Labute approximate surface area is 221 Å². The maximum Gasteiger partial charge on any atom is 0.274 e. The Hall–Kier alpha value is -3.17. The number of benzene rings is 2. The molecular formula is C28H25FN4O2S2. The van der Waals surface area contributed by atoms with E-state index in [1.807, 2.05) is 29.2 Å². The molecule has 4 aromatic rings. The van der Waals surface area contributed by atoms with Crippen molar-refractivity contribution in [3.05, 3.63) is 70.1 Å². The van der Waals surface area contributed by atoms with Crippen LogP contribution in [0.3, 0.4) is 0 Å². The fourth-order valence-electron chi connectivity index (χ4n) is 5.96. The van der Waals surface area contributed by atoms with Crippen molar-refractivity contribution in [2.24, 2.45) is 5.92 Å². The largest absolute Gasteiger partial charge is 0.350 e. The number of carbonyl (C=O) groups is 2. The molecule has 2 aliphatic carbocycles. The standard InChI is InChI=1S/C28H25FN4O2S2/c29-18-4-1-3-17(11-18)24-23(32-27(37-24)15-7-8-15)28(35)33-19-10-9-16(12-19)22(33)13-30-26(34)20-5-2-6-21-25(20)36-14-31-21/h1-6,11,14-16,19,22H,7-10,12-13H2,(H,30,34)/t16-,19+,22+/m0/s1. The van der Waals surface area contributed by atoms with Gasteiger partial charge in [-0.15, -0.1) is 22.7 Å². The summed E-state index contributed by atoms with van der Waals surface area (Å²) in [6, 6.07) is 12.1. The van der Waals surface area contributed by atoms with Crippen molar-refractivity contribution in [3.63, 3.8) is 0 Å². The van der Waals surface area contributed by atoms with Gasteiger partial charge in [-0.05, 0) is 67.9 Å². The molecule has 1 aliphatic heterocycles. The molecule has 0 spiro atoms. The number of halogens is 1. The second kappa shape index (κ2) is 8.99. The number of rotatable bonds is 6. The molecule has 2 saturated carbocycles. The number of fused-ring (bicyclic) bond motifs is 3. The number of thiazole rings is 2. The average molecular weight is 533 g/mol. The minimum atomic E-state index is -0.325. The molecule has 0 radical (unpaired) electrons. The predicted molar refractivity (Wildman–Crippen MR) is 143 cm³/mol. The van der Waals surface area contributed by atoms with Crippen LogP contribution in [0.2, 0.25) is 0 Å². The molecule has 0 unspecified atom stereocenters. The van der Waals surface area contributed by atoms with E-state index in [0.29, 0.717) is 35.2 Å². The van der Waals surface area contributed by atoms with E-state index in [2.05, 4.69) is 10.3 Å². The van der Waals surface area contributed by atoms with Gasteiger partial charge in [-0.2, -0.15) is 0 Å². The third kappa shape index (κ3) is 4.05. The summed E-state index contributed by atoms with van der Waals surface area (Å²) in [6.07, 6.45) is 5.14. The molecule has 3 heterocycles. The Bertz CT molecular complexity index is 1530. The van der Waals surface area contributed by atoms with Crippen molar-refractivity contribution in [1.82, 2.24) is 20.2 Å². The first-order valence-corrected chi connectivity index (χ1v) is 14.5. The number of nitrogens with one attached hydrogen (secondary N) is 1. The van der Waals surface area contributed by atoms with Crippen molar-refractivity contribution in [3.8, 4) is 10.4 Å². The number of aromatic nitrogens is 2. The van der Waals surface area contributed by atoms with E-state index < -0.39 is 0 Å². The molecule has 3 fully saturated rings. The maximum absolute atomic E-state index is 14.1. The molecule has 3 atom stereocenters. The Balaban J connectivity index is 1.17. The summed E-state index contributed by atoms with van der Waals surface area (Å²) in [5.74, 6) is 0.189. The van der Waals surface area contributed by atoms with Gasteiger partial charge < -0.3 is 10.2 Å². The first-order valence-electron chi connectivity index (χ1n) is 12.8. The molecule has 1 saturated heterocycles. The van der Waals surface area contributed by atoms with E-state index in [0.717, 1.165) is 52.2 Å². The minimum Gasteiger partial charge on any atom is -0.350 e. The maximum atomic E-state index is 14.1. The zero-order chi connectivity index (χ0) is 25.1. The topological polar surface area (TPSA) is 75.2 Å². The minimum absolute atomic E-state index is 0.0812. The van der Waals surface area contributed by atoms with Gasteiger partial charge in [0.2, 0.25) is 0 Å². The number of hydrogen-bond acceptors (Lipinski definition) is 6. The highest BCUT2D eigenvalue weighted by atomic mass is 32.1. The summed E-state index contributed by atoms with van der Waals surface area (Å²) in [6.45, 7) is 0.399. The molecular weight excluding hydrogens is 507 g/mol. The number of hydrogen-bond donors (Lipinski definition) is 1. The number of likely N-dealkylation sites (tertiary alicyclic amines) is 1. The lowest BCUT2D eigenvalue weighted by molar-refractivity contribution is 0.0577. The molecule has 7 rings (SSSR count). The van der Waals surface area contributed by atoms with Crippen molar-refractivity contribution in [1.29, 1.82) is 0 Å². The van der Waals surface area contributed by atoms with E-state index in [1.165, 1.54) is 34.8 Å². The third-order valence-corrected chi connectivity index (χ3v) is 10.1. The summed E-state index contributed by atoms with van der Waals surface area (Å²) in [5, 5.41) is 4.08. The van der Waals surface area contributed by atoms with E-state index in [-0.39, 0.29) is 29.7 Å². The SMILES string of the molecule is O=C(NC[C@@H]1[C@H]2CC[C@H](C2)N1C(=O)c1nc(C2CC2)sc1-c1cccc(F)c1)c1cccc2ncsc12. The molecule has 6 nitrogen and oxygen atoms in total. The summed E-state index contributed by atoms with van der Waals surface area (Å²) in [4.78, 5) is 39.1. The first-order chi connectivity index (χ1) is 18.1. The van der Waals surface area contributed by atoms with Gasteiger partial charge in [-0.1, -0.05) is 18.2 Å².